The standard InChI is InChI=1S/C37H38N4OS3/c42-35-30(26-38-16-20-40(21-17-38)32-12-6-2-7-13-32)24-29(36-34(37(43)45-44-36)28-10-4-1-5-11-28)25-31(35)27-39-18-22-41(23-19-39)33-14-8-3-9-15-33/h1-15,24-25,42H,16-23,26-27H2. The highest BCUT2D eigenvalue weighted by Crippen LogP contribution is 2.43. The SMILES string of the molecule is Oc1c(CN2CCN(c3ccccc3)CC2)cc(-c2ssc(=S)c2-c2ccccc2)cc1CN1CCN(c2ccccc2)CC1. The molecule has 2 saturated heterocycles. The minimum absolute atomic E-state index is 0.440. The number of phenolic OH excluding ortho intramolecular Hbond substituents is 1. The Labute approximate surface area is 278 Å². The van der Waals surface area contributed by atoms with Gasteiger partial charge < -0.3 is 14.9 Å². The third kappa shape index (κ3) is 6.86. The van der Waals surface area contributed by atoms with Crippen LogP contribution in [-0.4, -0.2) is 67.3 Å². The molecule has 230 valence electrons. The van der Waals surface area contributed by atoms with Gasteiger partial charge in [0.1, 0.15) is 9.57 Å². The molecule has 1 aromatic heterocycles. The monoisotopic (exact) mass is 650 g/mol. The molecule has 0 spiro atoms. The predicted molar refractivity (Wildman–Crippen MR) is 193 cm³/mol. The van der Waals surface area contributed by atoms with Crippen LogP contribution in [0.15, 0.2) is 103 Å². The highest BCUT2D eigenvalue weighted by molar-refractivity contribution is 7.80. The summed E-state index contributed by atoms with van der Waals surface area (Å²) >= 11 is 5.86. The van der Waals surface area contributed by atoms with E-state index in [2.05, 4.69) is 117 Å². The fourth-order valence-electron chi connectivity index (χ4n) is 6.52. The van der Waals surface area contributed by atoms with E-state index in [1.807, 2.05) is 6.07 Å². The molecule has 0 aliphatic carbocycles. The van der Waals surface area contributed by atoms with E-state index < -0.39 is 0 Å². The van der Waals surface area contributed by atoms with E-state index in [1.165, 1.54) is 16.3 Å². The molecule has 4 aromatic carbocycles. The van der Waals surface area contributed by atoms with Crippen molar-refractivity contribution >= 4 is 44.3 Å². The van der Waals surface area contributed by atoms with Crippen molar-refractivity contribution in [1.29, 1.82) is 0 Å². The second-order valence-corrected chi connectivity index (χ2v) is 14.7. The molecular formula is C37H38N4OS3. The minimum Gasteiger partial charge on any atom is -0.507 e. The summed E-state index contributed by atoms with van der Waals surface area (Å²) < 4.78 is 0.923. The Bertz CT molecular complexity index is 1680. The van der Waals surface area contributed by atoms with Gasteiger partial charge in [0.15, 0.2) is 0 Å². The number of hydrogen-bond acceptors (Lipinski definition) is 8. The van der Waals surface area contributed by atoms with E-state index in [0.29, 0.717) is 5.75 Å². The van der Waals surface area contributed by atoms with Gasteiger partial charge in [-0.2, -0.15) is 0 Å². The molecule has 1 N–H and O–H groups in total. The number of nitrogens with zero attached hydrogens (tertiary/aromatic N) is 4. The Kier molecular flexibility index (Phi) is 9.28. The van der Waals surface area contributed by atoms with E-state index in [-0.39, 0.29) is 0 Å². The second-order valence-electron chi connectivity index (χ2n) is 11.9. The van der Waals surface area contributed by atoms with Crippen LogP contribution in [0.4, 0.5) is 11.4 Å². The van der Waals surface area contributed by atoms with Crippen LogP contribution in [0.3, 0.4) is 0 Å². The Hall–Kier alpha value is -3.53. The van der Waals surface area contributed by atoms with Crippen molar-refractivity contribution in [2.45, 2.75) is 13.1 Å². The van der Waals surface area contributed by atoms with Crippen molar-refractivity contribution in [2.75, 3.05) is 62.2 Å². The summed E-state index contributed by atoms with van der Waals surface area (Å²) in [6, 6.07) is 36.3. The third-order valence-corrected chi connectivity index (χ3v) is 12.1. The van der Waals surface area contributed by atoms with Crippen LogP contribution in [0.25, 0.3) is 21.6 Å². The van der Waals surface area contributed by atoms with Gasteiger partial charge in [0, 0.05) is 93.5 Å². The first-order valence-corrected chi connectivity index (χ1v) is 18.3. The molecule has 5 aromatic rings. The van der Waals surface area contributed by atoms with Gasteiger partial charge in [0.2, 0.25) is 0 Å². The minimum atomic E-state index is 0.440. The van der Waals surface area contributed by atoms with E-state index in [9.17, 15) is 5.11 Å². The van der Waals surface area contributed by atoms with Gasteiger partial charge in [-0.1, -0.05) is 99.6 Å². The lowest BCUT2D eigenvalue weighted by atomic mass is 9.98. The van der Waals surface area contributed by atoms with Crippen molar-refractivity contribution in [3.05, 3.63) is 118 Å². The number of hydrogen-bond donors (Lipinski definition) is 1. The average Bonchev–Trinajstić information content (AvgIpc) is 3.49. The molecule has 5 nitrogen and oxygen atoms in total. The number of para-hydroxylation sites is 2. The summed E-state index contributed by atoms with van der Waals surface area (Å²) in [6.07, 6.45) is 0. The third-order valence-electron chi connectivity index (χ3n) is 9.00. The van der Waals surface area contributed by atoms with Crippen molar-refractivity contribution < 1.29 is 5.11 Å². The van der Waals surface area contributed by atoms with E-state index in [1.54, 1.807) is 20.7 Å². The number of benzene rings is 4. The summed E-state index contributed by atoms with van der Waals surface area (Å²) in [6.45, 7) is 9.22. The summed E-state index contributed by atoms with van der Waals surface area (Å²) in [7, 11) is 3.42. The molecule has 7 rings (SSSR count). The van der Waals surface area contributed by atoms with Crippen molar-refractivity contribution in [2.24, 2.45) is 0 Å². The molecular weight excluding hydrogens is 613 g/mol. The van der Waals surface area contributed by atoms with Crippen LogP contribution in [0.5, 0.6) is 5.75 Å². The Balaban J connectivity index is 1.16. The molecule has 45 heavy (non-hydrogen) atoms. The lowest BCUT2D eigenvalue weighted by Crippen LogP contribution is -2.46. The molecule has 0 atom stereocenters. The summed E-state index contributed by atoms with van der Waals surface area (Å²) in [5, 5.41) is 11.8. The number of piperazine rings is 2. The Morgan fingerprint density at radius 1 is 0.556 bits per heavy atom. The highest BCUT2D eigenvalue weighted by Gasteiger charge is 2.24. The number of aromatic hydroxyl groups is 1. The van der Waals surface area contributed by atoms with E-state index in [0.717, 1.165) is 97.1 Å². The molecule has 0 bridgehead atoms. The molecule has 2 aliphatic heterocycles. The van der Waals surface area contributed by atoms with Crippen LogP contribution in [-0.2, 0) is 13.1 Å². The fraction of sp³-hybridized carbons (Fsp3) is 0.270. The van der Waals surface area contributed by atoms with Gasteiger partial charge in [-0.15, -0.1) is 0 Å². The molecule has 3 heterocycles. The lowest BCUT2D eigenvalue weighted by molar-refractivity contribution is 0.240. The molecule has 2 fully saturated rings. The molecule has 0 unspecified atom stereocenters. The maximum absolute atomic E-state index is 11.8. The van der Waals surface area contributed by atoms with Crippen LogP contribution in [0, 0.1) is 3.82 Å². The first-order valence-electron chi connectivity index (χ1n) is 15.7. The van der Waals surface area contributed by atoms with Crippen LogP contribution in [0.2, 0.25) is 0 Å². The van der Waals surface area contributed by atoms with Gasteiger partial charge in [-0.3, -0.25) is 9.80 Å². The quantitative estimate of drug-likeness (QED) is 0.135. The van der Waals surface area contributed by atoms with Gasteiger partial charge in [0.05, 0.1) is 4.88 Å². The Morgan fingerprint density at radius 3 is 1.47 bits per heavy atom. The van der Waals surface area contributed by atoms with Gasteiger partial charge in [-0.25, -0.2) is 0 Å². The molecule has 0 radical (unpaired) electrons. The fourth-order valence-corrected chi connectivity index (χ4v) is 9.42. The van der Waals surface area contributed by atoms with E-state index in [4.69, 9.17) is 12.2 Å². The first-order chi connectivity index (χ1) is 22.1. The summed E-state index contributed by atoms with van der Waals surface area (Å²) in [5.41, 5.74) is 8.01. The highest BCUT2D eigenvalue weighted by atomic mass is 32.9. The van der Waals surface area contributed by atoms with Crippen LogP contribution < -0.4 is 9.80 Å². The smallest absolute Gasteiger partial charge is 0.124 e. The maximum Gasteiger partial charge on any atom is 0.124 e. The van der Waals surface area contributed by atoms with Crippen LogP contribution >= 0.6 is 32.9 Å². The molecule has 0 saturated carbocycles. The van der Waals surface area contributed by atoms with Gasteiger partial charge in [-0.05, 0) is 47.5 Å². The zero-order valence-electron chi connectivity index (χ0n) is 25.3. The molecule has 2 aliphatic rings. The van der Waals surface area contributed by atoms with E-state index >= 15 is 0 Å². The van der Waals surface area contributed by atoms with Crippen molar-refractivity contribution in [3.63, 3.8) is 0 Å². The van der Waals surface area contributed by atoms with Crippen molar-refractivity contribution in [3.8, 4) is 27.3 Å². The summed E-state index contributed by atoms with van der Waals surface area (Å²) in [5.74, 6) is 0.440. The first kappa shape index (κ1) is 30.1. The topological polar surface area (TPSA) is 33.2 Å². The maximum atomic E-state index is 11.8. The Morgan fingerprint density at radius 2 is 1.00 bits per heavy atom. The van der Waals surface area contributed by atoms with Gasteiger partial charge >= 0.3 is 0 Å². The zero-order valence-corrected chi connectivity index (χ0v) is 27.8. The lowest BCUT2D eigenvalue weighted by Gasteiger charge is -2.37. The average molecular weight is 651 g/mol. The number of anilines is 2. The molecule has 0 amide bonds. The van der Waals surface area contributed by atoms with Gasteiger partial charge in [0.25, 0.3) is 0 Å². The predicted octanol–water partition coefficient (Wildman–Crippen LogP) is 8.22. The molecule has 8 heteroatoms. The second kappa shape index (κ2) is 13.8. The normalized spacial score (nSPS) is 16.3. The largest absolute Gasteiger partial charge is 0.507 e. The summed E-state index contributed by atoms with van der Waals surface area (Å²) in [4.78, 5) is 11.1. The number of phenols is 1. The van der Waals surface area contributed by atoms with Crippen molar-refractivity contribution in [1.82, 2.24) is 9.80 Å². The zero-order chi connectivity index (χ0) is 30.6. The number of rotatable bonds is 8. The van der Waals surface area contributed by atoms with Crippen LogP contribution in [0.1, 0.15) is 11.1 Å².